The fourth-order valence-electron chi connectivity index (χ4n) is 3.67. The Kier molecular flexibility index (Phi) is 7.41. The van der Waals surface area contributed by atoms with Crippen molar-refractivity contribution < 1.29 is 9.59 Å². The Bertz CT molecular complexity index is 1150. The molecule has 0 spiro atoms. The van der Waals surface area contributed by atoms with Gasteiger partial charge in [-0.15, -0.1) is 11.3 Å². The molecule has 172 valence electrons. The fourth-order valence-corrected chi connectivity index (χ4v) is 4.69. The molecule has 0 aromatic carbocycles. The molecule has 33 heavy (non-hydrogen) atoms. The number of halogens is 1. The molecule has 8 nitrogen and oxygen atoms in total. The van der Waals surface area contributed by atoms with Crippen molar-refractivity contribution in [2.45, 2.75) is 31.8 Å². The van der Waals surface area contributed by atoms with Crippen molar-refractivity contribution in [3.63, 3.8) is 0 Å². The normalized spacial score (nSPS) is 14.2. The van der Waals surface area contributed by atoms with Gasteiger partial charge in [0.15, 0.2) is 0 Å². The second kappa shape index (κ2) is 10.6. The molecule has 0 unspecified atom stereocenters. The molecule has 3 heterocycles. The van der Waals surface area contributed by atoms with E-state index in [9.17, 15) is 9.59 Å². The lowest BCUT2D eigenvalue weighted by Crippen LogP contribution is -2.44. The monoisotopic (exact) mass is 484 g/mol. The van der Waals surface area contributed by atoms with E-state index in [1.54, 1.807) is 48.6 Å². The molecular weight excluding hydrogens is 460 g/mol. The number of pyridine rings is 1. The van der Waals surface area contributed by atoms with Gasteiger partial charge >= 0.3 is 0 Å². The summed E-state index contributed by atoms with van der Waals surface area (Å²) in [6.07, 6.45) is 13.2. The van der Waals surface area contributed by atoms with Gasteiger partial charge in [-0.1, -0.05) is 23.8 Å². The van der Waals surface area contributed by atoms with Gasteiger partial charge in [-0.05, 0) is 43.4 Å². The van der Waals surface area contributed by atoms with Gasteiger partial charge in [0.1, 0.15) is 6.04 Å². The number of carbonyl (C=O) groups excluding carboxylic acids is 2. The molecule has 0 fully saturated rings. The summed E-state index contributed by atoms with van der Waals surface area (Å²) >= 11 is 7.35. The first-order valence-corrected chi connectivity index (χ1v) is 11.8. The van der Waals surface area contributed by atoms with Gasteiger partial charge in [0.25, 0.3) is 5.91 Å². The Morgan fingerprint density at radius 1 is 1.21 bits per heavy atom. The number of thiophene rings is 1. The van der Waals surface area contributed by atoms with Crippen molar-refractivity contribution in [3.05, 3.63) is 69.9 Å². The summed E-state index contributed by atoms with van der Waals surface area (Å²) < 4.78 is 1.62. The van der Waals surface area contributed by atoms with Gasteiger partial charge in [-0.3, -0.25) is 19.3 Å². The van der Waals surface area contributed by atoms with Crippen LogP contribution in [-0.4, -0.2) is 32.6 Å². The van der Waals surface area contributed by atoms with E-state index >= 15 is 0 Å². The smallest absolute Gasteiger partial charge is 0.262 e. The van der Waals surface area contributed by atoms with Crippen molar-refractivity contribution in [3.8, 4) is 0 Å². The first-order chi connectivity index (χ1) is 16.0. The summed E-state index contributed by atoms with van der Waals surface area (Å²) in [6, 6.07) is 4.83. The van der Waals surface area contributed by atoms with Crippen molar-refractivity contribution in [1.82, 2.24) is 20.1 Å². The van der Waals surface area contributed by atoms with Crippen molar-refractivity contribution >= 4 is 46.1 Å². The Hall–Kier alpha value is -3.17. The Morgan fingerprint density at radius 3 is 2.76 bits per heavy atom. The number of hydrogen-bond donors (Lipinski definition) is 3. The molecule has 3 aromatic heterocycles. The summed E-state index contributed by atoms with van der Waals surface area (Å²) in [4.78, 5) is 31.5. The number of aryl methyl sites for hydroxylation is 1. The quantitative estimate of drug-likeness (QED) is 0.394. The topological polar surface area (TPSA) is 101 Å². The minimum Gasteiger partial charge on any atom is -0.379 e. The summed E-state index contributed by atoms with van der Waals surface area (Å²) in [6.45, 7) is 0.540. The van der Waals surface area contributed by atoms with Crippen LogP contribution in [0.3, 0.4) is 0 Å². The molecule has 10 heteroatoms. The molecule has 0 radical (unpaired) electrons. The van der Waals surface area contributed by atoms with Crippen LogP contribution in [0.15, 0.2) is 55.1 Å². The second-order valence-corrected chi connectivity index (χ2v) is 9.58. The van der Waals surface area contributed by atoms with E-state index in [0.717, 1.165) is 23.4 Å². The van der Waals surface area contributed by atoms with Gasteiger partial charge in [-0.2, -0.15) is 5.10 Å². The van der Waals surface area contributed by atoms with E-state index in [0.29, 0.717) is 34.5 Å². The van der Waals surface area contributed by atoms with Crippen LogP contribution in [0.4, 0.5) is 11.4 Å². The predicted octanol–water partition coefficient (Wildman–Crippen LogP) is 4.24. The summed E-state index contributed by atoms with van der Waals surface area (Å²) in [5, 5.41) is 13.7. The average Bonchev–Trinajstić information content (AvgIpc) is 3.54. The molecule has 2 amide bonds. The molecule has 0 saturated carbocycles. The van der Waals surface area contributed by atoms with E-state index in [2.05, 4.69) is 38.2 Å². The number of aromatic nitrogens is 3. The first kappa shape index (κ1) is 23.0. The van der Waals surface area contributed by atoms with Crippen LogP contribution in [-0.2, 0) is 18.4 Å². The molecule has 1 aliphatic rings. The number of nitrogens with one attached hydrogen (secondary N) is 3. The highest BCUT2D eigenvalue weighted by Crippen LogP contribution is 2.24. The zero-order valence-electron chi connectivity index (χ0n) is 18.1. The van der Waals surface area contributed by atoms with E-state index < -0.39 is 6.04 Å². The Morgan fingerprint density at radius 2 is 2.03 bits per heavy atom. The molecule has 1 atom stereocenters. The highest BCUT2D eigenvalue weighted by atomic mass is 35.5. The van der Waals surface area contributed by atoms with Crippen LogP contribution < -0.4 is 16.0 Å². The van der Waals surface area contributed by atoms with Crippen LogP contribution >= 0.6 is 22.9 Å². The minimum absolute atomic E-state index is 0.241. The first-order valence-electron chi connectivity index (χ1n) is 10.6. The molecular formula is C23H25ClN6O2S. The maximum Gasteiger partial charge on any atom is 0.262 e. The molecule has 0 saturated heterocycles. The van der Waals surface area contributed by atoms with Gasteiger partial charge in [0.2, 0.25) is 5.91 Å². The van der Waals surface area contributed by atoms with Gasteiger partial charge in [-0.25, -0.2) is 0 Å². The third-order valence-corrected chi connectivity index (χ3v) is 6.62. The van der Waals surface area contributed by atoms with Crippen LogP contribution in [0.25, 0.3) is 0 Å². The number of hydrogen-bond acceptors (Lipinski definition) is 6. The lowest BCUT2D eigenvalue weighted by molar-refractivity contribution is -0.118. The fraction of sp³-hybridized carbons (Fsp3) is 0.304. The van der Waals surface area contributed by atoms with Crippen LogP contribution in [0.1, 0.15) is 33.8 Å². The number of anilines is 2. The largest absolute Gasteiger partial charge is 0.379 e. The number of rotatable bonds is 9. The number of allylic oxidation sites excluding steroid dienone is 2. The Labute approximate surface area is 201 Å². The molecule has 0 aliphatic heterocycles. The van der Waals surface area contributed by atoms with Gasteiger partial charge < -0.3 is 16.0 Å². The standard InChI is InChI=1S/C23H25ClN6O2S/c1-30-14-18(12-27-30)28-22(31)20(8-15-4-2-3-5-15)29-23(32)21-7-6-19(33-21)13-26-17-9-16(24)10-25-11-17/h2-3,6-7,9-12,14-15,20,26H,4-5,8,13H2,1H3,(H,28,31)(H,29,32)/t20-/m0/s1. The molecule has 0 bridgehead atoms. The molecule has 3 N–H and O–H groups in total. The molecule has 1 aliphatic carbocycles. The van der Waals surface area contributed by atoms with Crippen molar-refractivity contribution in [2.75, 3.05) is 10.6 Å². The minimum atomic E-state index is -0.635. The van der Waals surface area contributed by atoms with Crippen molar-refractivity contribution in [1.29, 1.82) is 0 Å². The second-order valence-electron chi connectivity index (χ2n) is 7.97. The predicted molar refractivity (Wildman–Crippen MR) is 130 cm³/mol. The molecule has 3 aromatic rings. The zero-order valence-corrected chi connectivity index (χ0v) is 19.7. The van der Waals surface area contributed by atoms with Crippen LogP contribution in [0, 0.1) is 5.92 Å². The van der Waals surface area contributed by atoms with Gasteiger partial charge in [0.05, 0.1) is 33.7 Å². The highest BCUT2D eigenvalue weighted by Gasteiger charge is 2.26. The van der Waals surface area contributed by atoms with E-state index in [1.165, 1.54) is 11.3 Å². The summed E-state index contributed by atoms with van der Waals surface area (Å²) in [5.41, 5.74) is 1.41. The van der Waals surface area contributed by atoms with E-state index in [1.807, 2.05) is 6.07 Å². The van der Waals surface area contributed by atoms with Crippen LogP contribution in [0.5, 0.6) is 0 Å². The molecule has 4 rings (SSSR count). The lowest BCUT2D eigenvalue weighted by atomic mass is 9.97. The highest BCUT2D eigenvalue weighted by molar-refractivity contribution is 7.14. The third-order valence-electron chi connectivity index (χ3n) is 5.33. The maximum atomic E-state index is 13.0. The number of nitrogens with zero attached hydrogens (tertiary/aromatic N) is 3. The summed E-state index contributed by atoms with van der Waals surface area (Å²) in [7, 11) is 1.78. The number of carbonyl (C=O) groups is 2. The third kappa shape index (κ3) is 6.43. The zero-order chi connectivity index (χ0) is 23.2. The van der Waals surface area contributed by atoms with Crippen molar-refractivity contribution in [2.24, 2.45) is 13.0 Å². The average molecular weight is 485 g/mol. The SMILES string of the molecule is Cn1cc(NC(=O)[C@H](CC2CC=CC2)NC(=O)c2ccc(CNc3cncc(Cl)c3)s2)cn1. The van der Waals surface area contributed by atoms with E-state index in [4.69, 9.17) is 11.6 Å². The Balaban J connectivity index is 1.38. The van der Waals surface area contributed by atoms with E-state index in [-0.39, 0.29) is 11.8 Å². The van der Waals surface area contributed by atoms with Crippen LogP contribution in [0.2, 0.25) is 5.02 Å². The van der Waals surface area contributed by atoms with Gasteiger partial charge in [0, 0.05) is 30.9 Å². The maximum absolute atomic E-state index is 13.0. The lowest BCUT2D eigenvalue weighted by Gasteiger charge is -2.21. The number of amides is 2. The summed E-state index contributed by atoms with van der Waals surface area (Å²) in [5.74, 6) is -0.160.